The van der Waals surface area contributed by atoms with Crippen LogP contribution in [0.5, 0.6) is 0 Å². The van der Waals surface area contributed by atoms with Crippen molar-refractivity contribution in [3.05, 3.63) is 58.0 Å². The van der Waals surface area contributed by atoms with Gasteiger partial charge in [0.1, 0.15) is 0 Å². The van der Waals surface area contributed by atoms with Crippen molar-refractivity contribution in [2.45, 2.75) is 20.4 Å². The molecule has 4 heteroatoms. The lowest BCUT2D eigenvalue weighted by molar-refractivity contribution is 0.800. The summed E-state index contributed by atoms with van der Waals surface area (Å²) in [5.41, 5.74) is 5.61. The fourth-order valence-corrected chi connectivity index (χ4v) is 2.45. The topological polar surface area (TPSA) is 33.6 Å². The summed E-state index contributed by atoms with van der Waals surface area (Å²) in [4.78, 5) is 7.68. The molecule has 1 N–H and O–H groups in total. The second-order valence-electron chi connectivity index (χ2n) is 4.83. The van der Waals surface area contributed by atoms with Crippen LogP contribution in [0.25, 0.3) is 11.2 Å². The molecule has 2 heterocycles. The van der Waals surface area contributed by atoms with Gasteiger partial charge >= 0.3 is 0 Å². The van der Waals surface area contributed by atoms with Crippen LogP contribution in [0.1, 0.15) is 16.7 Å². The van der Waals surface area contributed by atoms with E-state index in [0.717, 1.165) is 22.5 Å². The lowest BCUT2D eigenvalue weighted by Crippen LogP contribution is -2.00. The van der Waals surface area contributed by atoms with Gasteiger partial charge in [0.2, 0.25) is 0 Å². The van der Waals surface area contributed by atoms with Crippen LogP contribution in [0.2, 0.25) is 0 Å². The Balaban J connectivity index is 2.10. The number of aryl methyl sites for hydroxylation is 2. The van der Waals surface area contributed by atoms with Crippen LogP contribution in [0.15, 0.2) is 36.5 Å². The van der Waals surface area contributed by atoms with Crippen molar-refractivity contribution >= 4 is 23.4 Å². The van der Waals surface area contributed by atoms with E-state index in [2.05, 4.69) is 48.1 Å². The Kier molecular flexibility index (Phi) is 2.95. The van der Waals surface area contributed by atoms with Gasteiger partial charge in [0.15, 0.2) is 10.4 Å². The maximum atomic E-state index is 5.40. The van der Waals surface area contributed by atoms with E-state index in [9.17, 15) is 0 Å². The molecule has 0 aliphatic heterocycles. The van der Waals surface area contributed by atoms with Gasteiger partial charge in [-0.15, -0.1) is 0 Å². The number of aromatic amines is 1. The standard InChI is InChI=1S/C15H15N3S/c1-10-3-5-12(6-4-10)9-18-14-13(17-15(18)19)11(2)7-8-16-14/h3-8H,9H2,1-2H3,(H,17,19). The number of benzene rings is 1. The maximum absolute atomic E-state index is 5.40. The van der Waals surface area contributed by atoms with E-state index in [1.807, 2.05) is 16.8 Å². The fourth-order valence-electron chi connectivity index (χ4n) is 2.20. The van der Waals surface area contributed by atoms with E-state index in [1.165, 1.54) is 16.7 Å². The van der Waals surface area contributed by atoms with E-state index in [4.69, 9.17) is 12.2 Å². The first-order valence-corrected chi connectivity index (χ1v) is 6.65. The molecule has 0 saturated carbocycles. The molecule has 2 aromatic heterocycles. The quantitative estimate of drug-likeness (QED) is 0.719. The Morgan fingerprint density at radius 3 is 2.63 bits per heavy atom. The van der Waals surface area contributed by atoms with Crippen molar-refractivity contribution in [1.82, 2.24) is 14.5 Å². The predicted molar refractivity (Wildman–Crippen MR) is 79.9 cm³/mol. The summed E-state index contributed by atoms with van der Waals surface area (Å²) < 4.78 is 2.76. The summed E-state index contributed by atoms with van der Waals surface area (Å²) in [5, 5.41) is 0. The molecule has 1 aromatic carbocycles. The molecular formula is C15H15N3S. The molecule has 3 aromatic rings. The molecule has 0 radical (unpaired) electrons. The normalized spacial score (nSPS) is 11.1. The summed E-state index contributed by atoms with van der Waals surface area (Å²) in [7, 11) is 0. The Morgan fingerprint density at radius 2 is 1.89 bits per heavy atom. The van der Waals surface area contributed by atoms with Crippen LogP contribution in [-0.2, 0) is 6.54 Å². The van der Waals surface area contributed by atoms with Gasteiger partial charge in [-0.1, -0.05) is 29.8 Å². The lowest BCUT2D eigenvalue weighted by atomic mass is 10.1. The SMILES string of the molecule is Cc1ccc(Cn2c(=S)[nH]c3c(C)ccnc32)cc1. The molecule has 0 aliphatic rings. The number of hydrogen-bond acceptors (Lipinski definition) is 2. The second kappa shape index (κ2) is 4.63. The van der Waals surface area contributed by atoms with Crippen LogP contribution < -0.4 is 0 Å². The van der Waals surface area contributed by atoms with Gasteiger partial charge in [0.25, 0.3) is 0 Å². The number of aromatic nitrogens is 3. The Labute approximate surface area is 116 Å². The third-order valence-electron chi connectivity index (χ3n) is 3.33. The lowest BCUT2D eigenvalue weighted by Gasteiger charge is -2.05. The predicted octanol–water partition coefficient (Wildman–Crippen LogP) is 3.76. The number of nitrogens with zero attached hydrogens (tertiary/aromatic N) is 2. The van der Waals surface area contributed by atoms with Gasteiger partial charge in [-0.05, 0) is 43.3 Å². The zero-order valence-corrected chi connectivity index (χ0v) is 11.8. The summed E-state index contributed by atoms with van der Waals surface area (Å²) in [6.07, 6.45) is 1.83. The van der Waals surface area contributed by atoms with Crippen molar-refractivity contribution in [3.63, 3.8) is 0 Å². The highest BCUT2D eigenvalue weighted by molar-refractivity contribution is 7.71. The minimum Gasteiger partial charge on any atom is -0.329 e. The van der Waals surface area contributed by atoms with Crippen molar-refractivity contribution in [2.75, 3.05) is 0 Å². The van der Waals surface area contributed by atoms with Gasteiger partial charge in [-0.2, -0.15) is 0 Å². The molecule has 19 heavy (non-hydrogen) atoms. The highest BCUT2D eigenvalue weighted by Gasteiger charge is 2.07. The van der Waals surface area contributed by atoms with Gasteiger partial charge < -0.3 is 4.98 Å². The third kappa shape index (κ3) is 2.19. The molecule has 0 bridgehead atoms. The average Bonchev–Trinajstić information content (AvgIpc) is 2.71. The van der Waals surface area contributed by atoms with Gasteiger partial charge in [0, 0.05) is 6.20 Å². The molecule has 3 rings (SSSR count). The van der Waals surface area contributed by atoms with E-state index >= 15 is 0 Å². The third-order valence-corrected chi connectivity index (χ3v) is 3.66. The van der Waals surface area contributed by atoms with Gasteiger partial charge in [-0.25, -0.2) is 4.98 Å². The van der Waals surface area contributed by atoms with Crippen molar-refractivity contribution < 1.29 is 0 Å². The van der Waals surface area contributed by atoms with E-state index in [1.54, 1.807) is 0 Å². The van der Waals surface area contributed by atoms with Crippen molar-refractivity contribution in [2.24, 2.45) is 0 Å². The number of nitrogens with one attached hydrogen (secondary N) is 1. The Bertz CT molecular complexity index is 781. The van der Waals surface area contributed by atoms with Gasteiger partial charge in [0.05, 0.1) is 12.1 Å². The van der Waals surface area contributed by atoms with Crippen LogP contribution in [0, 0.1) is 18.6 Å². The monoisotopic (exact) mass is 269 g/mol. The Morgan fingerprint density at radius 1 is 1.16 bits per heavy atom. The molecule has 0 spiro atoms. The van der Waals surface area contributed by atoms with Crippen LogP contribution >= 0.6 is 12.2 Å². The van der Waals surface area contributed by atoms with Crippen LogP contribution in [0.4, 0.5) is 0 Å². The van der Waals surface area contributed by atoms with Crippen LogP contribution in [0.3, 0.4) is 0 Å². The zero-order valence-electron chi connectivity index (χ0n) is 11.0. The highest BCUT2D eigenvalue weighted by atomic mass is 32.1. The second-order valence-corrected chi connectivity index (χ2v) is 5.22. The number of rotatable bonds is 2. The van der Waals surface area contributed by atoms with E-state index < -0.39 is 0 Å². The molecule has 0 saturated heterocycles. The molecule has 0 fully saturated rings. The fraction of sp³-hybridized carbons (Fsp3) is 0.200. The molecular weight excluding hydrogens is 254 g/mol. The first-order valence-electron chi connectivity index (χ1n) is 6.25. The van der Waals surface area contributed by atoms with Crippen LogP contribution in [-0.4, -0.2) is 14.5 Å². The summed E-state index contributed by atoms with van der Waals surface area (Å²) >= 11 is 5.40. The molecule has 96 valence electrons. The zero-order chi connectivity index (χ0) is 13.4. The summed E-state index contributed by atoms with van der Waals surface area (Å²) in [6.45, 7) is 4.90. The van der Waals surface area contributed by atoms with Crippen molar-refractivity contribution in [1.29, 1.82) is 0 Å². The number of fused-ring (bicyclic) bond motifs is 1. The first-order chi connectivity index (χ1) is 9.15. The molecule has 0 amide bonds. The smallest absolute Gasteiger partial charge is 0.179 e. The van der Waals surface area contributed by atoms with Gasteiger partial charge in [-0.3, -0.25) is 4.57 Å². The number of H-pyrrole nitrogens is 1. The van der Waals surface area contributed by atoms with Crippen molar-refractivity contribution in [3.8, 4) is 0 Å². The minimum absolute atomic E-state index is 0.720. The summed E-state index contributed by atoms with van der Waals surface area (Å²) in [5.74, 6) is 0. The largest absolute Gasteiger partial charge is 0.329 e. The number of imidazole rings is 1. The maximum Gasteiger partial charge on any atom is 0.179 e. The average molecular weight is 269 g/mol. The highest BCUT2D eigenvalue weighted by Crippen LogP contribution is 2.17. The minimum atomic E-state index is 0.720. The molecule has 0 aliphatic carbocycles. The molecule has 0 unspecified atom stereocenters. The van der Waals surface area contributed by atoms with E-state index in [0.29, 0.717) is 0 Å². The molecule has 3 nitrogen and oxygen atoms in total. The summed E-state index contributed by atoms with van der Waals surface area (Å²) in [6, 6.07) is 10.5. The number of pyridine rings is 1. The Hall–Kier alpha value is -1.94. The number of hydrogen-bond donors (Lipinski definition) is 1. The van der Waals surface area contributed by atoms with E-state index in [-0.39, 0.29) is 0 Å². The molecule has 0 atom stereocenters. The first kappa shape index (κ1) is 12.1.